The molecule has 2 saturated carbocycles. The summed E-state index contributed by atoms with van der Waals surface area (Å²) in [4.78, 5) is 67.1. The standard InChI is InChI=1S/C28H30O12/c1-22-9-17-24(3)28-18(22)19(31)27(39-28,35-10-14(22)20(32)36-17)13-7-16(30)26-8-11(38-40-26)6-15(29)23(26,2)12(13)4-5-25(28,34)21(33)37-24/h8,12-14,16-18,30,34H,4-7,9-10H2,1-3H3/t12?,13?,14-,16-,17?,18?,22+,23-,24-,25+,26-,27+,28-/m0/s1. The van der Waals surface area contributed by atoms with Crippen LogP contribution in [0.25, 0.3) is 0 Å². The zero-order valence-corrected chi connectivity index (χ0v) is 22.3. The lowest BCUT2D eigenvalue weighted by Crippen LogP contribution is -2.79. The molecule has 0 amide bonds. The van der Waals surface area contributed by atoms with Crippen LogP contribution in [0.15, 0.2) is 11.8 Å². The summed E-state index contributed by atoms with van der Waals surface area (Å²) in [7, 11) is 0. The van der Waals surface area contributed by atoms with Gasteiger partial charge in [-0.3, -0.25) is 14.4 Å². The fourth-order valence-electron chi connectivity index (χ4n) is 10.9. The first-order valence-corrected chi connectivity index (χ1v) is 14.1. The van der Waals surface area contributed by atoms with Crippen molar-refractivity contribution in [3.8, 4) is 0 Å². The highest BCUT2D eigenvalue weighted by Crippen LogP contribution is 2.76. The Balaban J connectivity index is 1.33. The molecule has 9 rings (SSSR count). The first-order chi connectivity index (χ1) is 18.8. The topological polar surface area (TPSA) is 164 Å². The number of hydrogen-bond donors (Lipinski definition) is 2. The van der Waals surface area contributed by atoms with Gasteiger partial charge in [0.1, 0.15) is 17.6 Å². The smallest absolute Gasteiger partial charge is 0.342 e. The Labute approximate surface area is 228 Å². The number of aliphatic hydroxyl groups excluding tert-OH is 1. The summed E-state index contributed by atoms with van der Waals surface area (Å²) in [6.45, 7) is 4.85. The van der Waals surface area contributed by atoms with Crippen LogP contribution in [-0.2, 0) is 47.9 Å². The maximum atomic E-state index is 15.0. The molecule has 7 fully saturated rings. The number of Topliss-reactive ketones (excluding diaryl/α,β-unsaturated/α-hetero) is 2. The van der Waals surface area contributed by atoms with Crippen molar-refractivity contribution in [3.63, 3.8) is 0 Å². The number of rotatable bonds is 0. The van der Waals surface area contributed by atoms with Crippen molar-refractivity contribution in [3.05, 3.63) is 11.8 Å². The molecule has 0 aromatic carbocycles. The van der Waals surface area contributed by atoms with Gasteiger partial charge in [-0.1, -0.05) is 6.92 Å². The van der Waals surface area contributed by atoms with Gasteiger partial charge in [-0.2, -0.15) is 4.89 Å². The molecular weight excluding hydrogens is 528 g/mol. The zero-order valence-electron chi connectivity index (χ0n) is 22.3. The van der Waals surface area contributed by atoms with E-state index in [0.717, 1.165) is 0 Å². The molecule has 12 nitrogen and oxygen atoms in total. The van der Waals surface area contributed by atoms with Gasteiger partial charge in [0.15, 0.2) is 28.2 Å². The average Bonchev–Trinajstić information content (AvgIpc) is 3.43. The molecular formula is C28H30O12. The Morgan fingerprint density at radius 3 is 2.62 bits per heavy atom. The molecule has 0 radical (unpaired) electrons. The zero-order chi connectivity index (χ0) is 28.0. The molecule has 0 aromatic rings. The van der Waals surface area contributed by atoms with Crippen molar-refractivity contribution in [2.24, 2.45) is 34.5 Å². The Bertz CT molecular complexity index is 1410. The Kier molecular flexibility index (Phi) is 3.84. The van der Waals surface area contributed by atoms with E-state index >= 15 is 0 Å². The van der Waals surface area contributed by atoms with Gasteiger partial charge in [0, 0.05) is 5.92 Å². The third kappa shape index (κ3) is 1.96. The monoisotopic (exact) mass is 558 g/mol. The summed E-state index contributed by atoms with van der Waals surface area (Å²) in [5.41, 5.74) is -9.87. The predicted molar refractivity (Wildman–Crippen MR) is 124 cm³/mol. The van der Waals surface area contributed by atoms with Crippen LogP contribution < -0.4 is 0 Å². The third-order valence-corrected chi connectivity index (χ3v) is 12.9. The van der Waals surface area contributed by atoms with Crippen LogP contribution >= 0.6 is 0 Å². The van der Waals surface area contributed by atoms with Gasteiger partial charge in [-0.05, 0) is 56.9 Å². The van der Waals surface area contributed by atoms with Crippen LogP contribution in [0.4, 0.5) is 0 Å². The van der Waals surface area contributed by atoms with Gasteiger partial charge in [0.05, 0.1) is 36.4 Å². The minimum Gasteiger partial charge on any atom is -0.458 e. The average molecular weight is 559 g/mol. The van der Waals surface area contributed by atoms with Gasteiger partial charge in [0.25, 0.3) is 0 Å². The van der Waals surface area contributed by atoms with E-state index in [1.807, 2.05) is 0 Å². The van der Waals surface area contributed by atoms with E-state index in [2.05, 4.69) is 0 Å². The maximum Gasteiger partial charge on any atom is 0.342 e. The Hall–Kier alpha value is -2.38. The van der Waals surface area contributed by atoms with E-state index in [1.165, 1.54) is 0 Å². The highest BCUT2D eigenvalue weighted by molar-refractivity contribution is 5.99. The first kappa shape index (κ1) is 24.2. The van der Waals surface area contributed by atoms with E-state index in [9.17, 15) is 29.4 Å². The summed E-state index contributed by atoms with van der Waals surface area (Å²) < 4.78 is 25.1. The second-order valence-corrected chi connectivity index (χ2v) is 14.0. The third-order valence-electron chi connectivity index (χ3n) is 12.9. The molecule has 4 unspecified atom stereocenters. The van der Waals surface area contributed by atoms with E-state index in [0.29, 0.717) is 5.76 Å². The molecule has 5 saturated heterocycles. The van der Waals surface area contributed by atoms with E-state index < -0.39 is 92.6 Å². The number of esters is 2. The second kappa shape index (κ2) is 6.34. The largest absolute Gasteiger partial charge is 0.458 e. The summed E-state index contributed by atoms with van der Waals surface area (Å²) >= 11 is 0. The van der Waals surface area contributed by atoms with Crippen LogP contribution in [0.5, 0.6) is 0 Å². The summed E-state index contributed by atoms with van der Waals surface area (Å²) in [5, 5.41) is 24.1. The summed E-state index contributed by atoms with van der Waals surface area (Å²) in [6, 6.07) is 0. The van der Waals surface area contributed by atoms with E-state index in [-0.39, 0.29) is 44.5 Å². The fraction of sp³-hybridized carbons (Fsp3) is 0.786. The quantitative estimate of drug-likeness (QED) is 0.303. The molecule has 12 heteroatoms. The van der Waals surface area contributed by atoms with E-state index in [1.54, 1.807) is 26.8 Å². The highest BCUT2D eigenvalue weighted by Gasteiger charge is 2.93. The molecule has 40 heavy (non-hydrogen) atoms. The van der Waals surface area contributed by atoms with Gasteiger partial charge < -0.3 is 34.0 Å². The number of allylic oxidation sites excluding steroid dienone is 1. The molecule has 2 N–H and O–H groups in total. The number of ether oxygens (including phenoxy) is 4. The van der Waals surface area contributed by atoms with Crippen molar-refractivity contribution >= 4 is 23.5 Å². The van der Waals surface area contributed by atoms with Crippen molar-refractivity contribution < 1.29 is 58.1 Å². The lowest BCUT2D eigenvalue weighted by Gasteiger charge is -2.63. The van der Waals surface area contributed by atoms with Gasteiger partial charge >= 0.3 is 11.9 Å². The van der Waals surface area contributed by atoms with Gasteiger partial charge in [0.2, 0.25) is 5.79 Å². The summed E-state index contributed by atoms with van der Waals surface area (Å²) in [6.07, 6.45) is -0.545. The second-order valence-electron chi connectivity index (χ2n) is 14.0. The molecule has 214 valence electrons. The normalized spacial score (nSPS) is 61.9. The van der Waals surface area contributed by atoms with Crippen LogP contribution in [-0.4, -0.2) is 80.7 Å². The summed E-state index contributed by atoms with van der Waals surface area (Å²) in [5.74, 6) is -7.61. The van der Waals surface area contributed by atoms with Crippen LogP contribution in [0.2, 0.25) is 0 Å². The number of carbonyl (C=O) groups is 4. The SMILES string of the molecule is C[C@@]12CC3OC(=O)[C@@H]1CO[C@]14O[C@]5(C2C1=O)[C@@](O)(CCC1C4C[C@H](O)[C@@]24C=C(CC(=O)[C@]12C)OO4)C(=O)O[C@@]35C. The maximum absolute atomic E-state index is 15.0. The number of aliphatic hydroxyl groups is 2. The number of ketones is 2. The van der Waals surface area contributed by atoms with Crippen molar-refractivity contribution in [2.45, 2.75) is 93.3 Å². The van der Waals surface area contributed by atoms with Gasteiger partial charge in [-0.25, -0.2) is 4.79 Å². The lowest BCUT2D eigenvalue weighted by atomic mass is 9.46. The van der Waals surface area contributed by atoms with E-state index in [4.69, 9.17) is 28.7 Å². The Morgan fingerprint density at radius 2 is 1.85 bits per heavy atom. The lowest BCUT2D eigenvalue weighted by molar-refractivity contribution is -0.393. The molecule has 6 heterocycles. The van der Waals surface area contributed by atoms with Crippen molar-refractivity contribution in [2.75, 3.05) is 6.61 Å². The van der Waals surface area contributed by atoms with Crippen LogP contribution in [0.1, 0.15) is 52.9 Å². The molecule has 3 aliphatic carbocycles. The van der Waals surface area contributed by atoms with Gasteiger partial charge in [-0.15, -0.1) is 0 Å². The predicted octanol–water partition coefficient (Wildman–Crippen LogP) is 0.0198. The first-order valence-electron chi connectivity index (χ1n) is 14.1. The molecule has 6 aliphatic heterocycles. The Morgan fingerprint density at radius 1 is 1.07 bits per heavy atom. The minimum absolute atomic E-state index is 0.0472. The minimum atomic E-state index is -2.30. The van der Waals surface area contributed by atoms with Crippen molar-refractivity contribution in [1.82, 2.24) is 0 Å². The molecule has 13 atom stereocenters. The number of carbonyl (C=O) groups excluding carboxylic acids is 4. The van der Waals surface area contributed by atoms with Crippen LogP contribution in [0.3, 0.4) is 0 Å². The number of fused-ring (bicyclic) bond motifs is 4. The van der Waals surface area contributed by atoms with Crippen LogP contribution in [0, 0.1) is 34.5 Å². The fourth-order valence-corrected chi connectivity index (χ4v) is 10.9. The molecule has 0 aromatic heterocycles. The van der Waals surface area contributed by atoms with Crippen molar-refractivity contribution in [1.29, 1.82) is 0 Å². The molecule has 9 aliphatic rings. The highest BCUT2D eigenvalue weighted by atomic mass is 17.2. The molecule has 3 spiro atoms. The molecule has 7 bridgehead atoms. The number of hydrogen-bond acceptors (Lipinski definition) is 12.